The number of anilines is 2. The minimum atomic E-state index is 1.01. The summed E-state index contributed by atoms with van der Waals surface area (Å²) in [4.78, 5) is 5.07. The van der Waals surface area contributed by atoms with E-state index in [1.54, 1.807) is 0 Å². The van der Waals surface area contributed by atoms with Crippen molar-refractivity contribution in [1.29, 1.82) is 0 Å². The molecule has 0 bridgehead atoms. The summed E-state index contributed by atoms with van der Waals surface area (Å²) >= 11 is 0. The van der Waals surface area contributed by atoms with Gasteiger partial charge in [-0.15, -0.1) is 0 Å². The highest BCUT2D eigenvalue weighted by Gasteiger charge is 2.11. The van der Waals surface area contributed by atoms with Gasteiger partial charge in [0.2, 0.25) is 0 Å². The van der Waals surface area contributed by atoms with E-state index in [0.717, 1.165) is 32.6 Å². The summed E-state index contributed by atoms with van der Waals surface area (Å²) in [6, 6.07) is 14.1. The summed E-state index contributed by atoms with van der Waals surface area (Å²) in [6.45, 7) is 18.1. The highest BCUT2D eigenvalue weighted by Crippen LogP contribution is 2.26. The number of hydrogen-bond acceptors (Lipinski definition) is 2. The van der Waals surface area contributed by atoms with Crippen LogP contribution in [0.5, 0.6) is 0 Å². The average Bonchev–Trinajstić information content (AvgIpc) is 2.68. The summed E-state index contributed by atoms with van der Waals surface area (Å²) in [5.74, 6) is 0. The van der Waals surface area contributed by atoms with Crippen LogP contribution in [0.1, 0.15) is 75.6 Å². The molecule has 2 nitrogen and oxygen atoms in total. The van der Waals surface area contributed by atoms with Gasteiger partial charge in [-0.1, -0.05) is 52.0 Å². The van der Waals surface area contributed by atoms with E-state index in [2.05, 4.69) is 87.7 Å². The van der Waals surface area contributed by atoms with Crippen molar-refractivity contribution in [2.45, 2.75) is 73.6 Å². The Morgan fingerprint density at radius 2 is 0.897 bits per heavy atom. The maximum atomic E-state index is 2.54. The number of nitrogens with zero attached hydrogens (tertiary/aromatic N) is 2. The van der Waals surface area contributed by atoms with Gasteiger partial charge in [-0.3, -0.25) is 0 Å². The first kappa shape index (κ1) is 23.3. The first-order valence-corrected chi connectivity index (χ1v) is 11.7. The summed E-state index contributed by atoms with van der Waals surface area (Å²) in [7, 11) is 0. The van der Waals surface area contributed by atoms with Crippen molar-refractivity contribution in [3.63, 3.8) is 0 Å². The van der Waals surface area contributed by atoms with Crippen molar-refractivity contribution in [2.75, 3.05) is 36.0 Å². The van der Waals surface area contributed by atoms with Crippen LogP contribution in [0.4, 0.5) is 11.4 Å². The SMILES string of the molecule is CCCN(CCC)c1ccc(Cc2ccc(N(CCC)CCC)c(C)c2)cc1C. The Morgan fingerprint density at radius 3 is 1.17 bits per heavy atom. The highest BCUT2D eigenvalue weighted by molar-refractivity contribution is 5.57. The Labute approximate surface area is 179 Å². The second-order valence-electron chi connectivity index (χ2n) is 8.39. The molecule has 0 spiro atoms. The van der Waals surface area contributed by atoms with Gasteiger partial charge in [0.15, 0.2) is 0 Å². The number of benzene rings is 2. The van der Waals surface area contributed by atoms with Gasteiger partial charge in [-0.2, -0.15) is 0 Å². The molecular weight excluding hydrogens is 352 g/mol. The molecule has 0 saturated heterocycles. The van der Waals surface area contributed by atoms with E-state index in [0.29, 0.717) is 0 Å². The van der Waals surface area contributed by atoms with Gasteiger partial charge in [0, 0.05) is 37.6 Å². The third kappa shape index (κ3) is 6.52. The lowest BCUT2D eigenvalue weighted by Crippen LogP contribution is -2.25. The van der Waals surface area contributed by atoms with Crippen LogP contribution >= 0.6 is 0 Å². The van der Waals surface area contributed by atoms with Crippen LogP contribution in [-0.4, -0.2) is 26.2 Å². The summed E-state index contributed by atoms with van der Waals surface area (Å²) in [5, 5.41) is 0. The van der Waals surface area contributed by atoms with Gasteiger partial charge in [0.05, 0.1) is 0 Å². The Balaban J connectivity index is 2.17. The predicted octanol–water partition coefficient (Wildman–Crippen LogP) is 7.15. The lowest BCUT2D eigenvalue weighted by Gasteiger charge is -2.26. The predicted molar refractivity (Wildman–Crippen MR) is 131 cm³/mol. The maximum Gasteiger partial charge on any atom is 0.0396 e. The fourth-order valence-electron chi connectivity index (χ4n) is 4.39. The Morgan fingerprint density at radius 1 is 0.552 bits per heavy atom. The van der Waals surface area contributed by atoms with Crippen LogP contribution in [0, 0.1) is 13.8 Å². The van der Waals surface area contributed by atoms with Crippen LogP contribution in [0.3, 0.4) is 0 Å². The van der Waals surface area contributed by atoms with E-state index in [4.69, 9.17) is 0 Å². The van der Waals surface area contributed by atoms with Crippen LogP contribution in [0.15, 0.2) is 36.4 Å². The lowest BCUT2D eigenvalue weighted by molar-refractivity contribution is 0.742. The second kappa shape index (κ2) is 11.9. The van der Waals surface area contributed by atoms with Gasteiger partial charge in [0.25, 0.3) is 0 Å². The smallest absolute Gasteiger partial charge is 0.0396 e. The lowest BCUT2D eigenvalue weighted by atomic mass is 9.99. The van der Waals surface area contributed by atoms with Gasteiger partial charge >= 0.3 is 0 Å². The molecule has 0 saturated carbocycles. The van der Waals surface area contributed by atoms with Crippen LogP contribution in [0.2, 0.25) is 0 Å². The number of rotatable bonds is 12. The molecule has 0 atom stereocenters. The van der Waals surface area contributed by atoms with Gasteiger partial charge in [0.1, 0.15) is 0 Å². The van der Waals surface area contributed by atoms with Gasteiger partial charge in [-0.25, -0.2) is 0 Å². The molecule has 0 amide bonds. The molecule has 0 radical (unpaired) electrons. The van der Waals surface area contributed by atoms with Gasteiger partial charge in [-0.05, 0) is 80.3 Å². The van der Waals surface area contributed by atoms with E-state index in [1.807, 2.05) is 0 Å². The molecule has 0 unspecified atom stereocenters. The van der Waals surface area contributed by atoms with E-state index < -0.39 is 0 Å². The molecule has 0 N–H and O–H groups in total. The zero-order valence-corrected chi connectivity index (χ0v) is 19.7. The van der Waals surface area contributed by atoms with Crippen LogP contribution in [-0.2, 0) is 6.42 Å². The average molecular weight is 395 g/mol. The molecule has 0 heterocycles. The van der Waals surface area contributed by atoms with Crippen molar-refractivity contribution in [3.05, 3.63) is 58.7 Å². The summed E-state index contributed by atoms with van der Waals surface area (Å²) in [6.07, 6.45) is 5.78. The quantitative estimate of drug-likeness (QED) is 0.377. The fraction of sp³-hybridized carbons (Fsp3) is 0.556. The minimum Gasteiger partial charge on any atom is -0.371 e. The molecule has 2 rings (SSSR count). The molecule has 0 aliphatic carbocycles. The molecule has 2 aromatic carbocycles. The molecule has 0 aromatic heterocycles. The van der Waals surface area contributed by atoms with E-state index >= 15 is 0 Å². The molecule has 0 aliphatic rings. The zero-order valence-electron chi connectivity index (χ0n) is 19.7. The summed E-state index contributed by atoms with van der Waals surface area (Å²) < 4.78 is 0. The first-order valence-electron chi connectivity index (χ1n) is 11.7. The Hall–Kier alpha value is -1.96. The molecule has 160 valence electrons. The molecule has 2 aromatic rings. The first-order chi connectivity index (χ1) is 14.0. The minimum absolute atomic E-state index is 1.01. The largest absolute Gasteiger partial charge is 0.371 e. The van der Waals surface area contributed by atoms with Gasteiger partial charge < -0.3 is 9.80 Å². The monoisotopic (exact) mass is 394 g/mol. The van der Waals surface area contributed by atoms with Crippen molar-refractivity contribution >= 4 is 11.4 Å². The van der Waals surface area contributed by atoms with E-state index in [1.165, 1.54) is 59.3 Å². The second-order valence-corrected chi connectivity index (χ2v) is 8.39. The van der Waals surface area contributed by atoms with Crippen LogP contribution < -0.4 is 9.80 Å². The van der Waals surface area contributed by atoms with Crippen molar-refractivity contribution in [3.8, 4) is 0 Å². The Kier molecular flexibility index (Phi) is 9.57. The number of hydrogen-bond donors (Lipinski definition) is 0. The van der Waals surface area contributed by atoms with Crippen LogP contribution in [0.25, 0.3) is 0 Å². The molecular formula is C27H42N2. The van der Waals surface area contributed by atoms with E-state index in [9.17, 15) is 0 Å². The Bertz CT molecular complexity index is 675. The summed E-state index contributed by atoms with van der Waals surface area (Å²) in [5.41, 5.74) is 8.41. The maximum absolute atomic E-state index is 2.54. The van der Waals surface area contributed by atoms with Crippen molar-refractivity contribution in [1.82, 2.24) is 0 Å². The third-order valence-corrected chi connectivity index (χ3v) is 5.59. The molecule has 0 fully saturated rings. The normalized spacial score (nSPS) is 11.0. The third-order valence-electron chi connectivity index (χ3n) is 5.59. The standard InChI is InChI=1S/C27H42N2/c1-7-15-28(16-8-2)26-13-11-24(19-22(26)5)21-25-12-14-27(23(6)20-25)29(17-9-3)18-10-4/h11-14,19-20H,7-10,15-18,21H2,1-6H3. The number of aryl methyl sites for hydroxylation is 2. The molecule has 0 aliphatic heterocycles. The fourth-order valence-corrected chi connectivity index (χ4v) is 4.39. The van der Waals surface area contributed by atoms with Crippen molar-refractivity contribution in [2.24, 2.45) is 0 Å². The van der Waals surface area contributed by atoms with E-state index in [-0.39, 0.29) is 0 Å². The molecule has 2 heteroatoms. The molecule has 29 heavy (non-hydrogen) atoms. The topological polar surface area (TPSA) is 6.48 Å². The van der Waals surface area contributed by atoms with Crippen molar-refractivity contribution < 1.29 is 0 Å². The zero-order chi connectivity index (χ0) is 21.2. The highest BCUT2D eigenvalue weighted by atomic mass is 15.1.